The van der Waals surface area contributed by atoms with Crippen molar-refractivity contribution in [2.45, 2.75) is 52.1 Å². The van der Waals surface area contributed by atoms with Crippen LogP contribution in [0.2, 0.25) is 0 Å². The van der Waals surface area contributed by atoms with Crippen LogP contribution in [-0.4, -0.2) is 51.6 Å². The minimum atomic E-state index is -0.521. The molecule has 11 heteroatoms. The van der Waals surface area contributed by atoms with E-state index in [-0.39, 0.29) is 23.1 Å². The van der Waals surface area contributed by atoms with Crippen LogP contribution in [0.3, 0.4) is 0 Å². The van der Waals surface area contributed by atoms with E-state index >= 15 is 0 Å². The SMILES string of the molecule is CCCCOc1cc2c([nH]c(=O)n2Cc2ccc(CN3CCC(CCNC(=O)c4ccc(F)c(N)c4)CC3)cc2)c(N)n1. The van der Waals surface area contributed by atoms with Gasteiger partial charge < -0.3 is 26.5 Å². The van der Waals surface area contributed by atoms with Crippen LogP contribution in [0, 0.1) is 11.7 Å². The van der Waals surface area contributed by atoms with Gasteiger partial charge in [0.15, 0.2) is 5.82 Å². The quantitative estimate of drug-likeness (QED) is 0.143. The zero-order valence-electron chi connectivity index (χ0n) is 24.6. The fraction of sp³-hybridized carbons (Fsp3) is 0.406. The highest BCUT2D eigenvalue weighted by Crippen LogP contribution is 2.24. The normalized spacial score (nSPS) is 14.3. The molecule has 1 amide bonds. The number of benzene rings is 2. The van der Waals surface area contributed by atoms with E-state index in [0.29, 0.717) is 48.1 Å². The lowest BCUT2D eigenvalue weighted by molar-refractivity contribution is 0.0947. The lowest BCUT2D eigenvalue weighted by atomic mass is 9.93. The molecule has 0 spiro atoms. The van der Waals surface area contributed by atoms with Gasteiger partial charge in [-0.25, -0.2) is 9.18 Å². The zero-order valence-corrected chi connectivity index (χ0v) is 24.6. The Balaban J connectivity index is 1.10. The molecular formula is C32H40FN7O3. The van der Waals surface area contributed by atoms with Gasteiger partial charge in [-0.05, 0) is 74.0 Å². The van der Waals surface area contributed by atoms with Crippen molar-refractivity contribution in [1.82, 2.24) is 24.8 Å². The number of imidazole rings is 1. The second-order valence-corrected chi connectivity index (χ2v) is 11.3. The molecule has 2 aromatic heterocycles. The number of fused-ring (bicyclic) bond motifs is 1. The van der Waals surface area contributed by atoms with Crippen molar-refractivity contribution < 1.29 is 13.9 Å². The number of nitrogen functional groups attached to an aromatic ring is 2. The van der Waals surface area contributed by atoms with E-state index in [1.807, 2.05) is 0 Å². The Morgan fingerprint density at radius 3 is 2.51 bits per heavy atom. The van der Waals surface area contributed by atoms with Crippen LogP contribution in [0.1, 0.15) is 60.5 Å². The molecule has 228 valence electrons. The molecule has 4 aromatic rings. The number of hydrogen-bond acceptors (Lipinski definition) is 7. The number of ether oxygens (including phenoxy) is 1. The Morgan fingerprint density at radius 1 is 1.09 bits per heavy atom. The Labute approximate surface area is 250 Å². The van der Waals surface area contributed by atoms with Crippen molar-refractivity contribution in [3.8, 4) is 5.88 Å². The molecule has 1 fully saturated rings. The predicted molar refractivity (Wildman–Crippen MR) is 166 cm³/mol. The second kappa shape index (κ2) is 13.7. The molecule has 6 N–H and O–H groups in total. The molecule has 3 heterocycles. The van der Waals surface area contributed by atoms with Gasteiger partial charge in [0.25, 0.3) is 5.91 Å². The van der Waals surface area contributed by atoms with Crippen LogP contribution < -0.4 is 27.2 Å². The molecule has 2 aromatic carbocycles. The van der Waals surface area contributed by atoms with Gasteiger partial charge in [-0.1, -0.05) is 37.6 Å². The van der Waals surface area contributed by atoms with Crippen LogP contribution in [0.15, 0.2) is 53.3 Å². The lowest BCUT2D eigenvalue weighted by Gasteiger charge is -2.32. The van der Waals surface area contributed by atoms with Gasteiger partial charge in [0.2, 0.25) is 5.88 Å². The summed E-state index contributed by atoms with van der Waals surface area (Å²) in [7, 11) is 0. The summed E-state index contributed by atoms with van der Waals surface area (Å²) in [6.45, 7) is 6.49. The summed E-state index contributed by atoms with van der Waals surface area (Å²) < 4.78 is 20.8. The molecule has 0 saturated carbocycles. The topological polar surface area (TPSA) is 144 Å². The number of pyridine rings is 1. The number of aromatic nitrogens is 3. The third-order valence-electron chi connectivity index (χ3n) is 8.09. The first-order valence-electron chi connectivity index (χ1n) is 15.0. The number of nitrogens with zero attached hydrogens (tertiary/aromatic N) is 3. The summed E-state index contributed by atoms with van der Waals surface area (Å²) >= 11 is 0. The van der Waals surface area contributed by atoms with Crippen LogP contribution in [0.25, 0.3) is 11.0 Å². The minimum absolute atomic E-state index is 0.0232. The number of anilines is 2. The maximum absolute atomic E-state index is 13.4. The van der Waals surface area contributed by atoms with Gasteiger partial charge in [0, 0.05) is 24.7 Å². The van der Waals surface area contributed by atoms with Gasteiger partial charge in [-0.3, -0.25) is 14.3 Å². The summed E-state index contributed by atoms with van der Waals surface area (Å²) in [4.78, 5) is 34.6. The first kappa shape index (κ1) is 30.1. The Bertz CT molecular complexity index is 1610. The Kier molecular flexibility index (Phi) is 9.61. The minimum Gasteiger partial charge on any atom is -0.478 e. The van der Waals surface area contributed by atoms with Crippen LogP contribution in [-0.2, 0) is 13.1 Å². The summed E-state index contributed by atoms with van der Waals surface area (Å²) in [6, 6.07) is 14.2. The summed E-state index contributed by atoms with van der Waals surface area (Å²) in [5.74, 6) is 0.468. The van der Waals surface area contributed by atoms with E-state index in [4.69, 9.17) is 16.2 Å². The van der Waals surface area contributed by atoms with E-state index in [2.05, 4.69) is 51.4 Å². The zero-order chi connectivity index (χ0) is 30.3. The number of unbranched alkanes of at least 4 members (excludes halogenated alkanes) is 1. The first-order valence-corrected chi connectivity index (χ1v) is 15.0. The molecule has 1 aliphatic heterocycles. The van der Waals surface area contributed by atoms with Crippen molar-refractivity contribution in [2.75, 3.05) is 37.7 Å². The number of likely N-dealkylation sites (tertiary alicyclic amines) is 1. The number of carbonyl (C=O) groups is 1. The molecule has 0 radical (unpaired) electrons. The summed E-state index contributed by atoms with van der Waals surface area (Å²) in [5.41, 5.74) is 15.2. The average Bonchev–Trinajstić information content (AvgIpc) is 3.31. The Hall–Kier alpha value is -4.38. The average molecular weight is 590 g/mol. The fourth-order valence-corrected chi connectivity index (χ4v) is 5.50. The number of hydrogen-bond donors (Lipinski definition) is 4. The molecule has 1 aliphatic rings. The molecule has 43 heavy (non-hydrogen) atoms. The molecular weight excluding hydrogens is 549 g/mol. The van der Waals surface area contributed by atoms with Crippen molar-refractivity contribution in [3.05, 3.63) is 81.5 Å². The number of aromatic amines is 1. The fourth-order valence-electron chi connectivity index (χ4n) is 5.50. The monoisotopic (exact) mass is 589 g/mol. The molecule has 1 saturated heterocycles. The number of halogens is 1. The smallest absolute Gasteiger partial charge is 0.326 e. The first-order chi connectivity index (χ1) is 20.8. The van der Waals surface area contributed by atoms with Gasteiger partial charge in [-0.2, -0.15) is 4.98 Å². The molecule has 10 nitrogen and oxygen atoms in total. The lowest BCUT2D eigenvalue weighted by Crippen LogP contribution is -2.34. The highest BCUT2D eigenvalue weighted by molar-refractivity contribution is 5.95. The molecule has 0 aliphatic carbocycles. The second-order valence-electron chi connectivity index (χ2n) is 11.3. The Morgan fingerprint density at radius 2 is 1.81 bits per heavy atom. The van der Waals surface area contributed by atoms with Gasteiger partial charge in [-0.15, -0.1) is 0 Å². The van der Waals surface area contributed by atoms with E-state index in [9.17, 15) is 14.0 Å². The number of piperidine rings is 1. The third kappa shape index (κ3) is 7.53. The van der Waals surface area contributed by atoms with E-state index in [0.717, 1.165) is 57.3 Å². The molecule has 5 rings (SSSR count). The van der Waals surface area contributed by atoms with Crippen LogP contribution >= 0.6 is 0 Å². The maximum atomic E-state index is 13.4. The standard InChI is InChI=1S/C32H40FN7O3/c1-2-3-16-43-28-18-27-29(30(35)37-28)38-32(42)40(27)20-23-6-4-22(5-7-23)19-39-14-11-21(12-15-39)10-13-36-31(41)24-8-9-25(33)26(34)17-24/h4-9,17-18,21H,2-3,10-16,19-20,34H2,1H3,(H2,35,37)(H,36,41)(H,38,42). The molecule has 0 atom stereocenters. The number of nitrogens with one attached hydrogen (secondary N) is 2. The van der Waals surface area contributed by atoms with E-state index in [1.54, 1.807) is 10.6 Å². The van der Waals surface area contributed by atoms with Gasteiger partial charge in [0.1, 0.15) is 11.3 Å². The van der Waals surface area contributed by atoms with Gasteiger partial charge in [0.05, 0.1) is 24.4 Å². The summed E-state index contributed by atoms with van der Waals surface area (Å²) in [5, 5.41) is 2.92. The number of nitrogens with two attached hydrogens (primary N) is 2. The van der Waals surface area contributed by atoms with Crippen molar-refractivity contribution in [2.24, 2.45) is 5.92 Å². The van der Waals surface area contributed by atoms with E-state index in [1.165, 1.54) is 23.8 Å². The number of amides is 1. The number of H-pyrrole nitrogens is 1. The summed E-state index contributed by atoms with van der Waals surface area (Å²) in [6.07, 6.45) is 4.98. The van der Waals surface area contributed by atoms with E-state index < -0.39 is 5.82 Å². The molecule has 0 unspecified atom stereocenters. The number of rotatable bonds is 12. The van der Waals surface area contributed by atoms with Gasteiger partial charge >= 0.3 is 5.69 Å². The van der Waals surface area contributed by atoms with Crippen molar-refractivity contribution in [1.29, 1.82) is 0 Å². The third-order valence-corrected chi connectivity index (χ3v) is 8.09. The number of carbonyl (C=O) groups excluding carboxylic acids is 1. The maximum Gasteiger partial charge on any atom is 0.326 e. The highest BCUT2D eigenvalue weighted by atomic mass is 19.1. The predicted octanol–water partition coefficient (Wildman–Crippen LogP) is 4.29. The largest absolute Gasteiger partial charge is 0.478 e. The van der Waals surface area contributed by atoms with Crippen molar-refractivity contribution in [3.63, 3.8) is 0 Å². The molecule has 0 bridgehead atoms. The van der Waals surface area contributed by atoms with Crippen molar-refractivity contribution >= 4 is 28.4 Å². The van der Waals surface area contributed by atoms with Crippen LogP contribution in [0.4, 0.5) is 15.9 Å². The van der Waals surface area contributed by atoms with Crippen LogP contribution in [0.5, 0.6) is 5.88 Å². The highest BCUT2D eigenvalue weighted by Gasteiger charge is 2.20.